The maximum absolute atomic E-state index is 12.1. The van der Waals surface area contributed by atoms with Gasteiger partial charge in [0.25, 0.3) is 0 Å². The Balaban J connectivity index is 1.77. The summed E-state index contributed by atoms with van der Waals surface area (Å²) in [6.45, 7) is 0.335. The van der Waals surface area contributed by atoms with Crippen LogP contribution in [-0.2, 0) is 25.9 Å². The van der Waals surface area contributed by atoms with Crippen LogP contribution in [0.5, 0.6) is 5.75 Å². The highest BCUT2D eigenvalue weighted by Gasteiger charge is 2.30. The molecule has 1 N–H and O–H groups in total. The van der Waals surface area contributed by atoms with Gasteiger partial charge in [0.2, 0.25) is 5.91 Å². The number of likely N-dealkylation sites (N-methyl/N-ethyl adjacent to an activating group) is 1. The third kappa shape index (κ3) is 4.45. The van der Waals surface area contributed by atoms with Crippen LogP contribution in [0, 0.1) is 4.78 Å². The van der Waals surface area contributed by atoms with Gasteiger partial charge in [0.15, 0.2) is 0 Å². The van der Waals surface area contributed by atoms with Crippen molar-refractivity contribution in [1.82, 2.24) is 4.90 Å². The number of carbonyl (C=O) groups excluding carboxylic acids is 1. The SMILES string of the molecule is COc1ccc(COCC(=O)N(C)C2CCS(=N)(=O)C2)cc1. The minimum absolute atomic E-state index is 0.0157. The molecule has 0 aromatic heterocycles. The molecule has 1 amide bonds. The summed E-state index contributed by atoms with van der Waals surface area (Å²) in [5.41, 5.74) is 0.964. The second kappa shape index (κ2) is 7.11. The molecular formula is C15H22N2O4S. The van der Waals surface area contributed by atoms with Crippen molar-refractivity contribution in [3.63, 3.8) is 0 Å². The molecule has 7 heteroatoms. The number of methoxy groups -OCH3 is 1. The van der Waals surface area contributed by atoms with E-state index in [9.17, 15) is 9.00 Å². The molecule has 22 heavy (non-hydrogen) atoms. The molecule has 0 bridgehead atoms. The third-order valence-corrected chi connectivity index (χ3v) is 5.66. The van der Waals surface area contributed by atoms with E-state index < -0.39 is 9.73 Å². The predicted octanol–water partition coefficient (Wildman–Crippen LogP) is 1.49. The second-order valence-electron chi connectivity index (χ2n) is 5.47. The molecule has 122 valence electrons. The molecule has 1 saturated heterocycles. The number of hydrogen-bond donors (Lipinski definition) is 1. The van der Waals surface area contributed by atoms with Gasteiger partial charge in [0.05, 0.1) is 19.5 Å². The molecule has 2 unspecified atom stereocenters. The van der Waals surface area contributed by atoms with Gasteiger partial charge in [-0.25, -0.2) is 4.21 Å². The highest BCUT2D eigenvalue weighted by molar-refractivity contribution is 7.92. The smallest absolute Gasteiger partial charge is 0.248 e. The average molecular weight is 326 g/mol. The number of hydrogen-bond acceptors (Lipinski definition) is 5. The van der Waals surface area contributed by atoms with Crippen molar-refractivity contribution in [2.75, 3.05) is 32.3 Å². The summed E-state index contributed by atoms with van der Waals surface area (Å²) in [7, 11) is 0.804. The van der Waals surface area contributed by atoms with Crippen LogP contribution in [-0.4, -0.2) is 53.3 Å². The molecule has 1 aliphatic rings. The van der Waals surface area contributed by atoms with Crippen molar-refractivity contribution >= 4 is 15.6 Å². The van der Waals surface area contributed by atoms with E-state index in [0.29, 0.717) is 18.8 Å². The van der Waals surface area contributed by atoms with Crippen molar-refractivity contribution in [2.45, 2.75) is 19.1 Å². The molecule has 1 heterocycles. The molecule has 2 rings (SSSR count). The zero-order chi connectivity index (χ0) is 16.2. The van der Waals surface area contributed by atoms with Crippen LogP contribution in [0.1, 0.15) is 12.0 Å². The molecule has 0 spiro atoms. The first-order valence-corrected chi connectivity index (χ1v) is 9.01. The summed E-state index contributed by atoms with van der Waals surface area (Å²) in [5, 5.41) is 0. The first-order chi connectivity index (χ1) is 10.4. The Hall–Kier alpha value is -1.60. The lowest BCUT2D eigenvalue weighted by molar-refractivity contribution is -0.136. The number of nitrogens with zero attached hydrogens (tertiary/aromatic N) is 1. The Kier molecular flexibility index (Phi) is 5.42. The molecular weight excluding hydrogens is 304 g/mol. The van der Waals surface area contributed by atoms with Gasteiger partial charge < -0.3 is 14.4 Å². The van der Waals surface area contributed by atoms with Gasteiger partial charge in [0.1, 0.15) is 12.4 Å². The Morgan fingerprint density at radius 3 is 2.64 bits per heavy atom. The zero-order valence-electron chi connectivity index (χ0n) is 12.9. The number of ether oxygens (including phenoxy) is 2. The van der Waals surface area contributed by atoms with Crippen molar-refractivity contribution < 1.29 is 18.5 Å². The molecule has 0 saturated carbocycles. The normalized spacial score (nSPS) is 24.2. The number of rotatable bonds is 6. The topological polar surface area (TPSA) is 79.7 Å². The molecule has 1 aliphatic heterocycles. The summed E-state index contributed by atoms with van der Waals surface area (Å²) >= 11 is 0. The fourth-order valence-electron chi connectivity index (χ4n) is 2.39. The van der Waals surface area contributed by atoms with E-state index in [1.54, 1.807) is 19.1 Å². The summed E-state index contributed by atoms with van der Waals surface area (Å²) in [4.78, 5) is 13.6. The molecule has 0 aliphatic carbocycles. The molecule has 6 nitrogen and oxygen atoms in total. The van der Waals surface area contributed by atoms with E-state index >= 15 is 0 Å². The molecule has 0 radical (unpaired) electrons. The van der Waals surface area contributed by atoms with E-state index in [0.717, 1.165) is 11.3 Å². The Bertz CT molecular complexity index is 613. The van der Waals surface area contributed by atoms with Crippen molar-refractivity contribution in [3.05, 3.63) is 29.8 Å². The highest BCUT2D eigenvalue weighted by atomic mass is 32.2. The minimum atomic E-state index is -2.49. The summed E-state index contributed by atoms with van der Waals surface area (Å²) < 4.78 is 29.8. The van der Waals surface area contributed by atoms with E-state index in [1.807, 2.05) is 24.3 Å². The number of amides is 1. The fraction of sp³-hybridized carbons (Fsp3) is 0.533. The largest absolute Gasteiger partial charge is 0.497 e. The van der Waals surface area contributed by atoms with E-state index in [-0.39, 0.29) is 24.3 Å². The maximum Gasteiger partial charge on any atom is 0.248 e. The lowest BCUT2D eigenvalue weighted by Gasteiger charge is -2.23. The molecule has 1 fully saturated rings. The van der Waals surface area contributed by atoms with E-state index in [1.165, 1.54) is 0 Å². The van der Waals surface area contributed by atoms with Crippen LogP contribution >= 0.6 is 0 Å². The second-order valence-corrected chi connectivity index (χ2v) is 7.84. The van der Waals surface area contributed by atoms with Crippen molar-refractivity contribution in [3.8, 4) is 5.75 Å². The Labute approximate surface area is 131 Å². The highest BCUT2D eigenvalue weighted by Crippen LogP contribution is 2.17. The van der Waals surface area contributed by atoms with E-state index in [2.05, 4.69) is 0 Å². The summed E-state index contributed by atoms with van der Waals surface area (Å²) in [6.07, 6.45) is 0.628. The lowest BCUT2D eigenvalue weighted by atomic mass is 10.2. The Morgan fingerprint density at radius 1 is 1.41 bits per heavy atom. The van der Waals surface area contributed by atoms with Gasteiger partial charge in [-0.05, 0) is 24.1 Å². The van der Waals surface area contributed by atoms with Gasteiger partial charge in [-0.15, -0.1) is 0 Å². The van der Waals surface area contributed by atoms with Gasteiger partial charge in [-0.2, -0.15) is 0 Å². The summed E-state index contributed by atoms with van der Waals surface area (Å²) in [6, 6.07) is 7.35. The number of benzene rings is 1. The van der Waals surface area contributed by atoms with E-state index in [4.69, 9.17) is 14.3 Å². The summed E-state index contributed by atoms with van der Waals surface area (Å²) in [5.74, 6) is 1.28. The quantitative estimate of drug-likeness (QED) is 0.859. The molecule has 2 atom stereocenters. The van der Waals surface area contributed by atoms with Crippen LogP contribution in [0.15, 0.2) is 24.3 Å². The predicted molar refractivity (Wildman–Crippen MR) is 84.4 cm³/mol. The van der Waals surface area contributed by atoms with Crippen LogP contribution in [0.4, 0.5) is 0 Å². The van der Waals surface area contributed by atoms with Gasteiger partial charge in [-0.1, -0.05) is 12.1 Å². The molecule has 1 aromatic carbocycles. The standard InChI is InChI=1S/C15H22N2O4S/c1-17(13-7-8-22(16,19)11-13)15(18)10-21-9-12-3-5-14(20-2)6-4-12/h3-6,13,16H,7-11H2,1-2H3. The molecule has 1 aromatic rings. The monoisotopic (exact) mass is 326 g/mol. The average Bonchev–Trinajstić information content (AvgIpc) is 2.87. The maximum atomic E-state index is 12.1. The number of nitrogens with one attached hydrogen (secondary N) is 1. The van der Waals surface area contributed by atoms with Gasteiger partial charge in [-0.3, -0.25) is 9.57 Å². The Morgan fingerprint density at radius 2 is 2.09 bits per heavy atom. The van der Waals surface area contributed by atoms with Gasteiger partial charge in [0, 0.05) is 28.6 Å². The lowest BCUT2D eigenvalue weighted by Crippen LogP contribution is -2.39. The van der Waals surface area contributed by atoms with Crippen molar-refractivity contribution in [2.24, 2.45) is 0 Å². The third-order valence-electron chi connectivity index (χ3n) is 3.84. The van der Waals surface area contributed by atoms with Crippen LogP contribution < -0.4 is 4.74 Å². The first kappa shape index (κ1) is 16.8. The first-order valence-electron chi connectivity index (χ1n) is 7.12. The van der Waals surface area contributed by atoms with Crippen LogP contribution in [0.2, 0.25) is 0 Å². The zero-order valence-corrected chi connectivity index (χ0v) is 13.7. The fourth-order valence-corrected chi connectivity index (χ4v) is 4.22. The van der Waals surface area contributed by atoms with Gasteiger partial charge >= 0.3 is 0 Å². The minimum Gasteiger partial charge on any atom is -0.497 e. The van der Waals surface area contributed by atoms with Crippen LogP contribution in [0.3, 0.4) is 0 Å². The number of carbonyl (C=O) groups is 1. The van der Waals surface area contributed by atoms with Crippen LogP contribution in [0.25, 0.3) is 0 Å². The van der Waals surface area contributed by atoms with Crippen molar-refractivity contribution in [1.29, 1.82) is 4.78 Å².